The molecule has 0 unspecified atom stereocenters. The third-order valence-corrected chi connectivity index (χ3v) is 6.51. The molecule has 1 atom stereocenters. The van der Waals surface area contributed by atoms with Crippen LogP contribution in [0.15, 0.2) is 18.2 Å². The van der Waals surface area contributed by atoms with Crippen molar-refractivity contribution in [2.75, 3.05) is 6.54 Å². The molecule has 2 heteroatoms. The molecule has 23 heavy (non-hydrogen) atoms. The van der Waals surface area contributed by atoms with Gasteiger partial charge < -0.3 is 9.88 Å². The molecule has 0 spiro atoms. The maximum Gasteiger partial charge on any atom is 0.0486 e. The van der Waals surface area contributed by atoms with Crippen molar-refractivity contribution >= 4 is 10.9 Å². The Morgan fingerprint density at radius 2 is 1.87 bits per heavy atom. The Bertz CT molecular complexity index is 721. The van der Waals surface area contributed by atoms with Crippen LogP contribution in [0.4, 0.5) is 0 Å². The lowest BCUT2D eigenvalue weighted by atomic mass is 9.83. The standard InChI is InChI=1S/C21H28N2/c1-2-6-15(7-3-1)16-10-11-20-18(14-16)17-8-4-9-19-21(17)23(20)13-5-12-22-19/h10-11,14-15,19,22H,1-9,12-13H2/t19-/m0/s1. The van der Waals surface area contributed by atoms with E-state index in [0.717, 1.165) is 5.92 Å². The molecule has 0 radical (unpaired) electrons. The summed E-state index contributed by atoms with van der Waals surface area (Å²) in [5.41, 5.74) is 6.42. The highest BCUT2D eigenvalue weighted by Gasteiger charge is 2.29. The summed E-state index contributed by atoms with van der Waals surface area (Å²) in [6, 6.07) is 8.07. The molecule has 1 aromatic carbocycles. The van der Waals surface area contributed by atoms with Gasteiger partial charge in [-0.05, 0) is 74.2 Å². The van der Waals surface area contributed by atoms with Crippen LogP contribution in [0.3, 0.4) is 0 Å². The van der Waals surface area contributed by atoms with Crippen LogP contribution >= 0.6 is 0 Å². The minimum Gasteiger partial charge on any atom is -0.343 e. The first-order chi connectivity index (χ1) is 11.4. The molecule has 1 aliphatic heterocycles. The smallest absolute Gasteiger partial charge is 0.0486 e. The predicted molar refractivity (Wildman–Crippen MR) is 96.1 cm³/mol. The largest absolute Gasteiger partial charge is 0.343 e. The SMILES string of the molecule is c1cc2c(cc1C1CCCCC1)c1c3n2CCCN[C@H]3CCC1. The number of fused-ring (bicyclic) bond motifs is 3. The van der Waals surface area contributed by atoms with E-state index in [9.17, 15) is 0 Å². The first kappa shape index (κ1) is 14.1. The second-order valence-electron chi connectivity index (χ2n) is 7.88. The fourth-order valence-electron chi connectivity index (χ4n) is 5.39. The van der Waals surface area contributed by atoms with E-state index < -0.39 is 0 Å². The molecule has 122 valence electrons. The molecule has 5 rings (SSSR count). The number of nitrogens with one attached hydrogen (secondary N) is 1. The number of rotatable bonds is 1. The maximum atomic E-state index is 3.80. The monoisotopic (exact) mass is 308 g/mol. The molecule has 2 heterocycles. The molecule has 2 aromatic rings. The van der Waals surface area contributed by atoms with E-state index in [4.69, 9.17) is 0 Å². The third-order valence-electron chi connectivity index (χ3n) is 6.51. The summed E-state index contributed by atoms with van der Waals surface area (Å²) in [4.78, 5) is 0. The van der Waals surface area contributed by atoms with Gasteiger partial charge in [0.05, 0.1) is 0 Å². The van der Waals surface area contributed by atoms with Gasteiger partial charge in [-0.1, -0.05) is 25.3 Å². The van der Waals surface area contributed by atoms with Gasteiger partial charge >= 0.3 is 0 Å². The topological polar surface area (TPSA) is 17.0 Å². The summed E-state index contributed by atoms with van der Waals surface area (Å²) in [5.74, 6) is 0.817. The van der Waals surface area contributed by atoms with Gasteiger partial charge in [0.25, 0.3) is 0 Å². The van der Waals surface area contributed by atoms with Gasteiger partial charge in [-0.2, -0.15) is 0 Å². The molecular weight excluding hydrogens is 280 g/mol. The maximum absolute atomic E-state index is 3.80. The number of benzene rings is 1. The van der Waals surface area contributed by atoms with Gasteiger partial charge in [0.2, 0.25) is 0 Å². The predicted octanol–water partition coefficient (Wildman–Crippen LogP) is 5.06. The van der Waals surface area contributed by atoms with Crippen molar-refractivity contribution in [3.05, 3.63) is 35.0 Å². The molecule has 0 saturated heterocycles. The van der Waals surface area contributed by atoms with Gasteiger partial charge in [-0.25, -0.2) is 0 Å². The van der Waals surface area contributed by atoms with Gasteiger partial charge in [0, 0.05) is 29.2 Å². The number of nitrogens with zero attached hydrogens (tertiary/aromatic N) is 1. The van der Waals surface area contributed by atoms with Crippen LogP contribution in [0.2, 0.25) is 0 Å². The van der Waals surface area contributed by atoms with Gasteiger partial charge in [-0.15, -0.1) is 0 Å². The van der Waals surface area contributed by atoms with Gasteiger partial charge in [-0.3, -0.25) is 0 Å². The summed E-state index contributed by atoms with van der Waals surface area (Å²) < 4.78 is 2.65. The molecular formula is C21H28N2. The Labute approximate surface area is 139 Å². The van der Waals surface area contributed by atoms with Crippen molar-refractivity contribution in [1.82, 2.24) is 9.88 Å². The molecule has 2 nitrogen and oxygen atoms in total. The number of aryl methyl sites for hydroxylation is 2. The van der Waals surface area contributed by atoms with Crippen molar-refractivity contribution in [1.29, 1.82) is 0 Å². The van der Waals surface area contributed by atoms with Crippen molar-refractivity contribution in [2.45, 2.75) is 76.3 Å². The quantitative estimate of drug-likeness (QED) is 0.779. The zero-order valence-electron chi connectivity index (χ0n) is 14.1. The van der Waals surface area contributed by atoms with Gasteiger partial charge in [0.15, 0.2) is 0 Å². The number of hydrogen-bond donors (Lipinski definition) is 1. The van der Waals surface area contributed by atoms with E-state index in [1.54, 1.807) is 22.2 Å². The van der Waals surface area contributed by atoms with Crippen molar-refractivity contribution in [2.24, 2.45) is 0 Å². The molecule has 1 N–H and O–H groups in total. The molecule has 0 bridgehead atoms. The molecule has 1 saturated carbocycles. The van der Waals surface area contributed by atoms with Crippen LogP contribution in [0.25, 0.3) is 10.9 Å². The molecule has 2 aliphatic carbocycles. The van der Waals surface area contributed by atoms with Crippen LogP contribution in [0.5, 0.6) is 0 Å². The Kier molecular flexibility index (Phi) is 3.47. The molecule has 1 aromatic heterocycles. The lowest BCUT2D eigenvalue weighted by Crippen LogP contribution is -2.24. The zero-order valence-corrected chi connectivity index (χ0v) is 14.1. The third kappa shape index (κ3) is 2.26. The van der Waals surface area contributed by atoms with E-state index in [1.165, 1.54) is 76.4 Å². The van der Waals surface area contributed by atoms with E-state index >= 15 is 0 Å². The Hall–Kier alpha value is -1.28. The average Bonchev–Trinajstić information content (AvgIpc) is 2.77. The number of hydrogen-bond acceptors (Lipinski definition) is 1. The Balaban J connectivity index is 1.65. The van der Waals surface area contributed by atoms with E-state index in [-0.39, 0.29) is 0 Å². The van der Waals surface area contributed by atoms with Crippen LogP contribution in [-0.2, 0) is 13.0 Å². The summed E-state index contributed by atoms with van der Waals surface area (Å²) in [6.07, 6.45) is 12.3. The Morgan fingerprint density at radius 3 is 2.78 bits per heavy atom. The van der Waals surface area contributed by atoms with Gasteiger partial charge in [0.1, 0.15) is 0 Å². The highest BCUT2D eigenvalue weighted by Crippen LogP contribution is 2.41. The lowest BCUT2D eigenvalue weighted by Gasteiger charge is -2.24. The summed E-state index contributed by atoms with van der Waals surface area (Å²) in [7, 11) is 0. The van der Waals surface area contributed by atoms with E-state index in [0.29, 0.717) is 6.04 Å². The molecule has 1 fully saturated rings. The first-order valence-corrected chi connectivity index (χ1v) is 9.80. The van der Waals surface area contributed by atoms with Crippen LogP contribution in [0.1, 0.15) is 80.1 Å². The molecule has 0 amide bonds. The van der Waals surface area contributed by atoms with E-state index in [2.05, 4.69) is 28.1 Å². The highest BCUT2D eigenvalue weighted by atomic mass is 15.1. The zero-order chi connectivity index (χ0) is 15.2. The molecule has 3 aliphatic rings. The number of aromatic nitrogens is 1. The van der Waals surface area contributed by atoms with Crippen molar-refractivity contribution in [3.63, 3.8) is 0 Å². The second kappa shape index (κ2) is 5.66. The Morgan fingerprint density at radius 1 is 0.957 bits per heavy atom. The average molecular weight is 308 g/mol. The summed E-state index contributed by atoms with van der Waals surface area (Å²) in [5, 5.41) is 5.38. The minimum absolute atomic E-state index is 0.604. The fourth-order valence-corrected chi connectivity index (χ4v) is 5.39. The highest BCUT2D eigenvalue weighted by molar-refractivity contribution is 5.87. The fraction of sp³-hybridized carbons (Fsp3) is 0.619. The second-order valence-corrected chi connectivity index (χ2v) is 7.88. The van der Waals surface area contributed by atoms with Crippen molar-refractivity contribution < 1.29 is 0 Å². The van der Waals surface area contributed by atoms with E-state index in [1.807, 2.05) is 0 Å². The first-order valence-electron chi connectivity index (χ1n) is 9.80. The van der Waals surface area contributed by atoms with Crippen LogP contribution < -0.4 is 5.32 Å². The van der Waals surface area contributed by atoms with Crippen molar-refractivity contribution in [3.8, 4) is 0 Å². The van der Waals surface area contributed by atoms with Crippen LogP contribution in [-0.4, -0.2) is 11.1 Å². The normalized spacial score (nSPS) is 25.3. The summed E-state index contributed by atoms with van der Waals surface area (Å²) >= 11 is 0. The minimum atomic E-state index is 0.604. The van der Waals surface area contributed by atoms with Crippen LogP contribution in [0, 0.1) is 0 Å². The summed E-state index contributed by atoms with van der Waals surface area (Å²) in [6.45, 7) is 2.37. The lowest BCUT2D eigenvalue weighted by molar-refractivity contribution is 0.444.